The molecule has 1 fully saturated rings. The molecular formula is C11H23NO3. The van der Waals surface area contributed by atoms with E-state index in [0.717, 1.165) is 0 Å². The van der Waals surface area contributed by atoms with Crippen molar-refractivity contribution in [1.29, 1.82) is 0 Å². The largest absolute Gasteiger partial charge is 0.394 e. The van der Waals surface area contributed by atoms with Gasteiger partial charge in [-0.15, -0.1) is 0 Å². The average molecular weight is 217 g/mol. The summed E-state index contributed by atoms with van der Waals surface area (Å²) in [5.41, 5.74) is -0.550. The molecule has 0 aromatic heterocycles. The van der Waals surface area contributed by atoms with E-state index in [9.17, 15) is 10.2 Å². The van der Waals surface area contributed by atoms with Crippen LogP contribution in [0.25, 0.3) is 0 Å². The van der Waals surface area contributed by atoms with Crippen molar-refractivity contribution < 1.29 is 14.9 Å². The van der Waals surface area contributed by atoms with Crippen LogP contribution in [0.4, 0.5) is 0 Å². The van der Waals surface area contributed by atoms with Crippen LogP contribution < -0.4 is 5.32 Å². The molecule has 1 atom stereocenters. The van der Waals surface area contributed by atoms with E-state index in [2.05, 4.69) is 5.32 Å². The Hall–Kier alpha value is -0.160. The van der Waals surface area contributed by atoms with E-state index in [1.807, 2.05) is 6.92 Å². The molecule has 0 bridgehead atoms. The molecule has 0 saturated heterocycles. The Morgan fingerprint density at radius 1 is 1.40 bits per heavy atom. The van der Waals surface area contributed by atoms with Crippen molar-refractivity contribution in [1.82, 2.24) is 5.32 Å². The fourth-order valence-corrected chi connectivity index (χ4v) is 1.83. The van der Waals surface area contributed by atoms with Gasteiger partial charge < -0.3 is 20.3 Å². The summed E-state index contributed by atoms with van der Waals surface area (Å²) in [6, 6.07) is 0.259. The quantitative estimate of drug-likeness (QED) is 0.541. The summed E-state index contributed by atoms with van der Waals surface area (Å²) < 4.78 is 5.16. The van der Waals surface area contributed by atoms with Crippen LogP contribution in [0.1, 0.15) is 26.2 Å². The van der Waals surface area contributed by atoms with Crippen molar-refractivity contribution in [2.24, 2.45) is 5.92 Å². The van der Waals surface area contributed by atoms with E-state index in [-0.39, 0.29) is 19.3 Å². The highest BCUT2D eigenvalue weighted by molar-refractivity contribution is 4.94. The van der Waals surface area contributed by atoms with Gasteiger partial charge in [-0.05, 0) is 25.2 Å². The molecule has 1 rings (SSSR count). The Bertz CT molecular complexity index is 170. The summed E-state index contributed by atoms with van der Waals surface area (Å²) in [5, 5.41) is 22.0. The number of methoxy groups -OCH3 is 1. The van der Waals surface area contributed by atoms with Gasteiger partial charge in [0.2, 0.25) is 0 Å². The van der Waals surface area contributed by atoms with Gasteiger partial charge in [-0.2, -0.15) is 0 Å². The SMILES string of the molecule is CCC(CO)(CO)NC(COC)C1CC1. The number of hydrogen-bond donors (Lipinski definition) is 3. The smallest absolute Gasteiger partial charge is 0.0648 e. The number of aliphatic hydroxyl groups is 2. The Kier molecular flexibility index (Phi) is 4.99. The van der Waals surface area contributed by atoms with E-state index in [1.165, 1.54) is 12.8 Å². The van der Waals surface area contributed by atoms with E-state index in [1.54, 1.807) is 7.11 Å². The minimum Gasteiger partial charge on any atom is -0.394 e. The van der Waals surface area contributed by atoms with Gasteiger partial charge in [-0.3, -0.25) is 0 Å². The third kappa shape index (κ3) is 3.41. The maximum absolute atomic E-state index is 9.33. The van der Waals surface area contributed by atoms with Crippen molar-refractivity contribution in [3.05, 3.63) is 0 Å². The molecule has 0 radical (unpaired) electrons. The van der Waals surface area contributed by atoms with Crippen molar-refractivity contribution >= 4 is 0 Å². The predicted molar refractivity (Wildman–Crippen MR) is 58.7 cm³/mol. The second-order valence-corrected chi connectivity index (χ2v) is 4.49. The number of rotatable bonds is 8. The highest BCUT2D eigenvalue weighted by Crippen LogP contribution is 2.33. The lowest BCUT2D eigenvalue weighted by molar-refractivity contribution is 0.0567. The number of ether oxygens (including phenoxy) is 1. The first-order valence-electron chi connectivity index (χ1n) is 5.69. The van der Waals surface area contributed by atoms with Gasteiger partial charge in [0.15, 0.2) is 0 Å². The zero-order chi connectivity index (χ0) is 11.3. The number of hydrogen-bond acceptors (Lipinski definition) is 4. The third-order valence-electron chi connectivity index (χ3n) is 3.31. The first-order valence-corrected chi connectivity index (χ1v) is 5.69. The van der Waals surface area contributed by atoms with Gasteiger partial charge in [-0.25, -0.2) is 0 Å². The maximum Gasteiger partial charge on any atom is 0.0648 e. The van der Waals surface area contributed by atoms with E-state index in [4.69, 9.17) is 4.74 Å². The van der Waals surface area contributed by atoms with Crippen LogP contribution in [0.15, 0.2) is 0 Å². The zero-order valence-electron chi connectivity index (χ0n) is 9.70. The summed E-state index contributed by atoms with van der Waals surface area (Å²) >= 11 is 0. The Labute approximate surface area is 91.6 Å². The Balaban J connectivity index is 2.52. The molecule has 1 saturated carbocycles. The number of nitrogens with one attached hydrogen (secondary N) is 1. The summed E-state index contributed by atoms with van der Waals surface area (Å²) in [4.78, 5) is 0. The monoisotopic (exact) mass is 217 g/mol. The van der Waals surface area contributed by atoms with Crippen molar-refractivity contribution in [2.75, 3.05) is 26.9 Å². The third-order valence-corrected chi connectivity index (χ3v) is 3.31. The summed E-state index contributed by atoms with van der Waals surface area (Å²) in [7, 11) is 1.68. The van der Waals surface area contributed by atoms with Crippen LogP contribution in [-0.4, -0.2) is 48.7 Å². The minimum absolute atomic E-state index is 0.0348. The molecule has 0 amide bonds. The summed E-state index contributed by atoms with van der Waals surface area (Å²) in [6.45, 7) is 2.54. The van der Waals surface area contributed by atoms with Crippen LogP contribution in [-0.2, 0) is 4.74 Å². The standard InChI is InChI=1S/C11H23NO3/c1-3-11(7-13,8-14)12-10(6-15-2)9-4-5-9/h9-10,12-14H,3-8H2,1-2H3. The molecular weight excluding hydrogens is 194 g/mol. The molecule has 0 aromatic rings. The van der Waals surface area contributed by atoms with Gasteiger partial charge in [0, 0.05) is 13.2 Å². The van der Waals surface area contributed by atoms with E-state index >= 15 is 0 Å². The summed E-state index contributed by atoms with van der Waals surface area (Å²) in [6.07, 6.45) is 3.16. The zero-order valence-corrected chi connectivity index (χ0v) is 9.70. The minimum atomic E-state index is -0.550. The lowest BCUT2D eigenvalue weighted by Gasteiger charge is -2.34. The lowest BCUT2D eigenvalue weighted by atomic mass is 9.96. The molecule has 1 unspecified atom stereocenters. The second-order valence-electron chi connectivity index (χ2n) is 4.49. The summed E-state index contributed by atoms with van der Waals surface area (Å²) in [5.74, 6) is 0.647. The molecule has 0 aliphatic heterocycles. The molecule has 90 valence electrons. The van der Waals surface area contributed by atoms with Crippen LogP contribution >= 0.6 is 0 Å². The molecule has 4 heteroatoms. The van der Waals surface area contributed by atoms with E-state index in [0.29, 0.717) is 18.9 Å². The molecule has 0 spiro atoms. The van der Waals surface area contributed by atoms with Gasteiger partial charge in [-0.1, -0.05) is 6.92 Å². The Morgan fingerprint density at radius 2 is 2.00 bits per heavy atom. The topological polar surface area (TPSA) is 61.7 Å². The number of aliphatic hydroxyl groups excluding tert-OH is 2. The molecule has 4 nitrogen and oxygen atoms in total. The highest BCUT2D eigenvalue weighted by Gasteiger charge is 2.37. The molecule has 15 heavy (non-hydrogen) atoms. The fraction of sp³-hybridized carbons (Fsp3) is 1.00. The molecule has 0 heterocycles. The van der Waals surface area contributed by atoms with Gasteiger partial charge >= 0.3 is 0 Å². The lowest BCUT2D eigenvalue weighted by Crippen LogP contribution is -2.57. The maximum atomic E-state index is 9.33. The van der Waals surface area contributed by atoms with Gasteiger partial charge in [0.05, 0.1) is 25.4 Å². The fourth-order valence-electron chi connectivity index (χ4n) is 1.83. The second kappa shape index (κ2) is 5.80. The average Bonchev–Trinajstić information content (AvgIpc) is 3.09. The highest BCUT2D eigenvalue weighted by atomic mass is 16.5. The molecule has 1 aliphatic carbocycles. The molecule has 3 N–H and O–H groups in total. The first kappa shape index (κ1) is 12.9. The van der Waals surface area contributed by atoms with Gasteiger partial charge in [0.25, 0.3) is 0 Å². The van der Waals surface area contributed by atoms with Crippen LogP contribution in [0.3, 0.4) is 0 Å². The Morgan fingerprint density at radius 3 is 2.33 bits per heavy atom. The van der Waals surface area contributed by atoms with Crippen molar-refractivity contribution in [3.63, 3.8) is 0 Å². The van der Waals surface area contributed by atoms with Crippen molar-refractivity contribution in [2.45, 2.75) is 37.8 Å². The predicted octanol–water partition coefficient (Wildman–Crippen LogP) is 0.134. The first-order chi connectivity index (χ1) is 7.21. The van der Waals surface area contributed by atoms with E-state index < -0.39 is 5.54 Å². The van der Waals surface area contributed by atoms with Crippen LogP contribution in [0.5, 0.6) is 0 Å². The normalized spacial score (nSPS) is 19.2. The molecule has 0 aromatic carbocycles. The molecule has 1 aliphatic rings. The van der Waals surface area contributed by atoms with Crippen LogP contribution in [0, 0.1) is 5.92 Å². The van der Waals surface area contributed by atoms with Gasteiger partial charge in [0.1, 0.15) is 0 Å². The van der Waals surface area contributed by atoms with Crippen molar-refractivity contribution in [3.8, 4) is 0 Å². The van der Waals surface area contributed by atoms with Crippen LogP contribution in [0.2, 0.25) is 0 Å².